The first kappa shape index (κ1) is 21.2. The van der Waals surface area contributed by atoms with E-state index in [1.807, 2.05) is 0 Å². The highest BCUT2D eigenvalue weighted by molar-refractivity contribution is 5.79. The molecule has 1 heterocycles. The zero-order valence-corrected chi connectivity index (χ0v) is 16.6. The molecule has 1 aliphatic rings. The van der Waals surface area contributed by atoms with Gasteiger partial charge in [0.15, 0.2) is 5.96 Å². The van der Waals surface area contributed by atoms with Crippen LogP contribution in [0.25, 0.3) is 0 Å². The van der Waals surface area contributed by atoms with Gasteiger partial charge in [0.2, 0.25) is 0 Å². The zero-order valence-electron chi connectivity index (χ0n) is 16.6. The van der Waals surface area contributed by atoms with Gasteiger partial charge in [-0.15, -0.1) is 0 Å². The molecule has 0 aliphatic carbocycles. The van der Waals surface area contributed by atoms with Gasteiger partial charge in [-0.2, -0.15) is 0 Å². The Bertz CT molecular complexity index is 365. The minimum Gasteiger partial charge on any atom is -0.374 e. The number of nitrogens with one attached hydrogen (secondary N) is 3. The third-order valence-electron chi connectivity index (χ3n) is 3.72. The Hall–Kier alpha value is -0.850. The van der Waals surface area contributed by atoms with Crippen molar-refractivity contribution in [2.24, 2.45) is 10.9 Å². The minimum atomic E-state index is 0.146. The normalized spacial score (nSPS) is 20.5. The molecule has 0 spiro atoms. The first-order chi connectivity index (χ1) is 11.3. The summed E-state index contributed by atoms with van der Waals surface area (Å²) in [7, 11) is 0. The molecular weight excluding hydrogens is 302 g/mol. The van der Waals surface area contributed by atoms with Crippen LogP contribution >= 0.6 is 0 Å². The fourth-order valence-electron chi connectivity index (χ4n) is 2.73. The number of aliphatic imine (C=N–C) groups is 1. The Balaban J connectivity index is 2.38. The van der Waals surface area contributed by atoms with Crippen molar-refractivity contribution in [1.82, 2.24) is 20.9 Å². The number of hydrogen-bond acceptors (Lipinski definition) is 4. The molecule has 6 heteroatoms. The lowest BCUT2D eigenvalue weighted by Crippen LogP contribution is -2.46. The van der Waals surface area contributed by atoms with Gasteiger partial charge in [0.25, 0.3) is 0 Å². The Labute approximate surface area is 148 Å². The lowest BCUT2D eigenvalue weighted by molar-refractivity contribution is -0.0261. The van der Waals surface area contributed by atoms with E-state index in [2.05, 4.69) is 62.4 Å². The van der Waals surface area contributed by atoms with Crippen molar-refractivity contribution in [3.05, 3.63) is 0 Å². The second-order valence-electron chi connectivity index (χ2n) is 7.97. The summed E-state index contributed by atoms with van der Waals surface area (Å²) >= 11 is 0. The maximum atomic E-state index is 5.87. The molecule has 0 amide bonds. The molecule has 1 rings (SSSR count). The molecule has 6 nitrogen and oxygen atoms in total. The zero-order chi connectivity index (χ0) is 18.0. The highest BCUT2D eigenvalue weighted by atomic mass is 16.5. The minimum absolute atomic E-state index is 0.146. The molecule has 0 aromatic carbocycles. The van der Waals surface area contributed by atoms with Gasteiger partial charge in [-0.05, 0) is 33.6 Å². The van der Waals surface area contributed by atoms with E-state index in [1.165, 1.54) is 0 Å². The number of ether oxygens (including phenoxy) is 1. The molecule has 0 radical (unpaired) electrons. The van der Waals surface area contributed by atoms with E-state index in [4.69, 9.17) is 9.73 Å². The van der Waals surface area contributed by atoms with Crippen molar-refractivity contribution in [2.45, 2.75) is 53.2 Å². The molecular formula is C18H39N5O. The van der Waals surface area contributed by atoms with Crippen LogP contribution in [0.3, 0.4) is 0 Å². The van der Waals surface area contributed by atoms with Crippen molar-refractivity contribution in [3.63, 3.8) is 0 Å². The van der Waals surface area contributed by atoms with Gasteiger partial charge in [0, 0.05) is 44.8 Å². The van der Waals surface area contributed by atoms with Gasteiger partial charge >= 0.3 is 0 Å². The second-order valence-corrected chi connectivity index (χ2v) is 7.97. The van der Waals surface area contributed by atoms with Gasteiger partial charge in [0.05, 0.1) is 19.3 Å². The van der Waals surface area contributed by atoms with Crippen LogP contribution in [0, 0.1) is 5.92 Å². The third-order valence-corrected chi connectivity index (χ3v) is 3.72. The quantitative estimate of drug-likeness (QED) is 0.353. The summed E-state index contributed by atoms with van der Waals surface area (Å²) in [5.74, 6) is 1.57. The van der Waals surface area contributed by atoms with Gasteiger partial charge in [-0.25, -0.2) is 0 Å². The molecule has 0 bridgehead atoms. The van der Waals surface area contributed by atoms with Crippen molar-refractivity contribution < 1.29 is 4.74 Å². The average Bonchev–Trinajstić information content (AvgIpc) is 2.47. The monoisotopic (exact) mass is 341 g/mol. The maximum absolute atomic E-state index is 5.87. The molecule has 24 heavy (non-hydrogen) atoms. The fourth-order valence-corrected chi connectivity index (χ4v) is 2.73. The van der Waals surface area contributed by atoms with E-state index in [-0.39, 0.29) is 11.6 Å². The first-order valence-electron chi connectivity index (χ1n) is 9.41. The van der Waals surface area contributed by atoms with Gasteiger partial charge in [-0.1, -0.05) is 13.8 Å². The predicted octanol–water partition coefficient (Wildman–Crippen LogP) is 1.29. The van der Waals surface area contributed by atoms with E-state index in [1.54, 1.807) is 0 Å². The maximum Gasteiger partial charge on any atom is 0.191 e. The Morgan fingerprint density at radius 1 is 1.25 bits per heavy atom. The standard InChI is InChI=1S/C18H39N5O/c1-7-19-17(20-8-9-22-18(4,5)6)21-12-16-14-23(10-11-24-16)13-15(2)3/h15-16,22H,7-14H2,1-6H3,(H2,19,20,21). The smallest absolute Gasteiger partial charge is 0.191 e. The molecule has 1 saturated heterocycles. The summed E-state index contributed by atoms with van der Waals surface area (Å²) in [6, 6.07) is 0. The summed E-state index contributed by atoms with van der Waals surface area (Å²) in [6.07, 6.45) is 0.195. The van der Waals surface area contributed by atoms with Crippen LogP contribution in [-0.2, 0) is 4.74 Å². The number of hydrogen-bond donors (Lipinski definition) is 3. The van der Waals surface area contributed by atoms with Crippen LogP contribution in [0.2, 0.25) is 0 Å². The Kier molecular flexibility index (Phi) is 9.63. The lowest BCUT2D eigenvalue weighted by atomic mass is 10.1. The molecule has 1 aliphatic heterocycles. The second kappa shape index (κ2) is 10.9. The van der Waals surface area contributed by atoms with E-state index in [0.717, 1.165) is 51.8 Å². The van der Waals surface area contributed by atoms with Crippen LogP contribution in [0.5, 0.6) is 0 Å². The lowest BCUT2D eigenvalue weighted by Gasteiger charge is -2.33. The van der Waals surface area contributed by atoms with E-state index >= 15 is 0 Å². The Morgan fingerprint density at radius 3 is 2.62 bits per heavy atom. The van der Waals surface area contributed by atoms with Crippen LogP contribution < -0.4 is 16.0 Å². The molecule has 3 N–H and O–H groups in total. The summed E-state index contributed by atoms with van der Waals surface area (Å²) < 4.78 is 5.87. The molecule has 142 valence electrons. The van der Waals surface area contributed by atoms with Crippen LogP contribution in [0.1, 0.15) is 41.5 Å². The number of rotatable bonds is 8. The van der Waals surface area contributed by atoms with E-state index in [9.17, 15) is 0 Å². The predicted molar refractivity (Wildman–Crippen MR) is 103 cm³/mol. The van der Waals surface area contributed by atoms with Gasteiger partial charge in [-0.3, -0.25) is 9.89 Å². The molecule has 0 aromatic rings. The first-order valence-corrected chi connectivity index (χ1v) is 9.41. The number of morpholine rings is 1. The van der Waals surface area contributed by atoms with E-state index in [0.29, 0.717) is 12.5 Å². The highest BCUT2D eigenvalue weighted by Crippen LogP contribution is 2.08. The summed E-state index contributed by atoms with van der Waals surface area (Å²) in [5, 5.41) is 10.2. The molecule has 0 saturated carbocycles. The van der Waals surface area contributed by atoms with E-state index < -0.39 is 0 Å². The van der Waals surface area contributed by atoms with Crippen molar-refractivity contribution in [3.8, 4) is 0 Å². The third kappa shape index (κ3) is 10.1. The topological polar surface area (TPSA) is 60.9 Å². The molecule has 0 aromatic heterocycles. The largest absolute Gasteiger partial charge is 0.374 e. The molecule has 1 unspecified atom stereocenters. The van der Waals surface area contributed by atoms with Crippen LogP contribution in [-0.4, -0.2) is 74.9 Å². The molecule has 1 atom stereocenters. The SMILES string of the molecule is CCNC(=NCC1CN(CC(C)C)CCO1)NCCNC(C)(C)C. The van der Waals surface area contributed by atoms with Crippen molar-refractivity contribution in [2.75, 3.05) is 52.4 Å². The summed E-state index contributed by atoms with van der Waals surface area (Å²) in [6.45, 7) is 20.5. The Morgan fingerprint density at radius 2 is 2.00 bits per heavy atom. The van der Waals surface area contributed by atoms with Crippen LogP contribution in [0.15, 0.2) is 4.99 Å². The fraction of sp³-hybridized carbons (Fsp3) is 0.944. The van der Waals surface area contributed by atoms with Gasteiger partial charge < -0.3 is 20.7 Å². The number of nitrogens with zero attached hydrogens (tertiary/aromatic N) is 2. The average molecular weight is 342 g/mol. The van der Waals surface area contributed by atoms with Crippen LogP contribution in [0.4, 0.5) is 0 Å². The summed E-state index contributed by atoms with van der Waals surface area (Å²) in [5.41, 5.74) is 0.146. The van der Waals surface area contributed by atoms with Crippen molar-refractivity contribution in [1.29, 1.82) is 0 Å². The number of guanidine groups is 1. The highest BCUT2D eigenvalue weighted by Gasteiger charge is 2.20. The van der Waals surface area contributed by atoms with Gasteiger partial charge in [0.1, 0.15) is 0 Å². The van der Waals surface area contributed by atoms with Crippen molar-refractivity contribution >= 4 is 5.96 Å². The molecule has 1 fully saturated rings. The summed E-state index contributed by atoms with van der Waals surface area (Å²) in [4.78, 5) is 7.19.